The average molecular weight is 443 g/mol. The molecule has 3 rings (SSSR count). The van der Waals surface area contributed by atoms with Gasteiger partial charge in [0.15, 0.2) is 11.5 Å². The number of benzene rings is 3. The molecular formula is C22H16Cl2N2O4. The molecule has 0 atom stereocenters. The van der Waals surface area contributed by atoms with Gasteiger partial charge in [-0.15, -0.1) is 0 Å². The number of hydrazone groups is 1. The summed E-state index contributed by atoms with van der Waals surface area (Å²) in [4.78, 5) is 24.4. The second kappa shape index (κ2) is 9.91. The van der Waals surface area contributed by atoms with E-state index in [1.54, 1.807) is 48.5 Å². The molecule has 1 N–H and O–H groups in total. The van der Waals surface area contributed by atoms with E-state index in [1.807, 2.05) is 6.07 Å². The fourth-order valence-corrected chi connectivity index (χ4v) is 2.96. The SMILES string of the molecule is COc1cc(C=NNC(=O)c2ccccc2)ccc1OC(=O)c1ccc(Cl)cc1Cl. The molecule has 3 aromatic rings. The number of halogens is 2. The third-order valence-electron chi connectivity index (χ3n) is 3.96. The third-order valence-corrected chi connectivity index (χ3v) is 4.50. The highest BCUT2D eigenvalue weighted by Crippen LogP contribution is 2.29. The zero-order valence-electron chi connectivity index (χ0n) is 15.8. The molecule has 0 aliphatic carbocycles. The molecule has 0 fully saturated rings. The summed E-state index contributed by atoms with van der Waals surface area (Å²) >= 11 is 11.9. The molecule has 3 aromatic carbocycles. The molecule has 30 heavy (non-hydrogen) atoms. The Morgan fingerprint density at radius 3 is 2.43 bits per heavy atom. The zero-order chi connectivity index (χ0) is 21.5. The van der Waals surface area contributed by atoms with Crippen molar-refractivity contribution in [3.05, 3.63) is 93.5 Å². The summed E-state index contributed by atoms with van der Waals surface area (Å²) in [6.07, 6.45) is 1.45. The highest BCUT2D eigenvalue weighted by atomic mass is 35.5. The number of carbonyl (C=O) groups excluding carboxylic acids is 2. The molecule has 0 aliphatic rings. The topological polar surface area (TPSA) is 77.0 Å². The van der Waals surface area contributed by atoms with Crippen LogP contribution >= 0.6 is 23.2 Å². The summed E-state index contributed by atoms with van der Waals surface area (Å²) in [5.74, 6) is -0.457. The average Bonchev–Trinajstić information content (AvgIpc) is 2.75. The highest BCUT2D eigenvalue weighted by Gasteiger charge is 2.16. The monoisotopic (exact) mass is 442 g/mol. The van der Waals surface area contributed by atoms with Crippen LogP contribution < -0.4 is 14.9 Å². The van der Waals surface area contributed by atoms with Crippen LogP contribution in [0.25, 0.3) is 0 Å². The zero-order valence-corrected chi connectivity index (χ0v) is 17.3. The molecule has 0 saturated heterocycles. The van der Waals surface area contributed by atoms with E-state index in [4.69, 9.17) is 32.7 Å². The fraction of sp³-hybridized carbons (Fsp3) is 0.0455. The van der Waals surface area contributed by atoms with Gasteiger partial charge in [0.05, 0.1) is 23.9 Å². The molecule has 0 aliphatic heterocycles. The highest BCUT2D eigenvalue weighted by molar-refractivity contribution is 6.36. The molecule has 0 aromatic heterocycles. The lowest BCUT2D eigenvalue weighted by molar-refractivity contribution is 0.0729. The standard InChI is InChI=1S/C22H16Cl2N2O4/c1-29-20-11-14(13-25-26-21(27)15-5-3-2-4-6-15)7-10-19(20)30-22(28)17-9-8-16(23)12-18(17)24/h2-13H,1H3,(H,26,27). The predicted octanol–water partition coefficient (Wildman–Crippen LogP) is 4.99. The number of ether oxygens (including phenoxy) is 2. The number of hydrogen-bond acceptors (Lipinski definition) is 5. The first-order valence-corrected chi connectivity index (χ1v) is 9.47. The molecule has 152 valence electrons. The summed E-state index contributed by atoms with van der Waals surface area (Å²) in [6, 6.07) is 18.0. The van der Waals surface area contributed by atoms with Crippen LogP contribution in [-0.4, -0.2) is 25.2 Å². The van der Waals surface area contributed by atoms with Gasteiger partial charge in [0, 0.05) is 10.6 Å². The lowest BCUT2D eigenvalue weighted by Crippen LogP contribution is -2.17. The number of rotatable bonds is 6. The minimum atomic E-state index is -0.647. The Morgan fingerprint density at radius 2 is 1.73 bits per heavy atom. The maximum absolute atomic E-state index is 12.4. The van der Waals surface area contributed by atoms with Gasteiger partial charge in [-0.05, 0) is 54.1 Å². The van der Waals surface area contributed by atoms with Crippen LogP contribution in [0.1, 0.15) is 26.3 Å². The molecule has 0 bridgehead atoms. The number of nitrogens with one attached hydrogen (secondary N) is 1. The molecule has 0 unspecified atom stereocenters. The van der Waals surface area contributed by atoms with E-state index in [-0.39, 0.29) is 22.2 Å². The molecule has 0 spiro atoms. The molecule has 6 nitrogen and oxygen atoms in total. The van der Waals surface area contributed by atoms with Gasteiger partial charge in [-0.1, -0.05) is 41.4 Å². The number of hydrogen-bond donors (Lipinski definition) is 1. The van der Waals surface area contributed by atoms with E-state index >= 15 is 0 Å². The maximum atomic E-state index is 12.4. The van der Waals surface area contributed by atoms with Gasteiger partial charge < -0.3 is 9.47 Å². The van der Waals surface area contributed by atoms with Crippen molar-refractivity contribution < 1.29 is 19.1 Å². The van der Waals surface area contributed by atoms with Gasteiger partial charge >= 0.3 is 5.97 Å². The van der Waals surface area contributed by atoms with Crippen molar-refractivity contribution in [2.75, 3.05) is 7.11 Å². The number of nitrogens with zero attached hydrogens (tertiary/aromatic N) is 1. The van der Waals surface area contributed by atoms with Crippen LogP contribution in [0.5, 0.6) is 11.5 Å². The minimum absolute atomic E-state index is 0.178. The van der Waals surface area contributed by atoms with Gasteiger partial charge in [-0.25, -0.2) is 10.2 Å². The summed E-state index contributed by atoms with van der Waals surface area (Å²) in [7, 11) is 1.44. The van der Waals surface area contributed by atoms with E-state index in [0.29, 0.717) is 21.9 Å². The van der Waals surface area contributed by atoms with Crippen LogP contribution in [-0.2, 0) is 0 Å². The Balaban J connectivity index is 1.70. The van der Waals surface area contributed by atoms with E-state index in [2.05, 4.69) is 10.5 Å². The Morgan fingerprint density at radius 1 is 0.967 bits per heavy atom. The molecule has 0 saturated carbocycles. The Labute approximate surface area is 183 Å². The summed E-state index contributed by atoms with van der Waals surface area (Å²) in [5, 5.41) is 4.53. The second-order valence-corrected chi connectivity index (χ2v) is 6.83. The first-order valence-electron chi connectivity index (χ1n) is 8.71. The molecule has 8 heteroatoms. The van der Waals surface area contributed by atoms with E-state index in [0.717, 1.165) is 0 Å². The van der Waals surface area contributed by atoms with Crippen molar-refractivity contribution >= 4 is 41.3 Å². The smallest absolute Gasteiger partial charge is 0.345 e. The lowest BCUT2D eigenvalue weighted by Gasteiger charge is -2.10. The Hall–Kier alpha value is -3.35. The molecule has 0 radical (unpaired) electrons. The fourth-order valence-electron chi connectivity index (χ4n) is 2.48. The maximum Gasteiger partial charge on any atom is 0.345 e. The number of carbonyl (C=O) groups is 2. The minimum Gasteiger partial charge on any atom is -0.493 e. The normalized spacial score (nSPS) is 10.6. The summed E-state index contributed by atoms with van der Waals surface area (Å²) < 4.78 is 10.7. The van der Waals surface area contributed by atoms with Crippen molar-refractivity contribution in [2.45, 2.75) is 0 Å². The van der Waals surface area contributed by atoms with Crippen LogP contribution in [0.15, 0.2) is 71.8 Å². The van der Waals surface area contributed by atoms with Gasteiger partial charge in [0.25, 0.3) is 5.91 Å². The number of esters is 1. The first kappa shape index (κ1) is 21.4. The van der Waals surface area contributed by atoms with Crippen molar-refractivity contribution in [1.29, 1.82) is 0 Å². The lowest BCUT2D eigenvalue weighted by atomic mass is 10.2. The second-order valence-electron chi connectivity index (χ2n) is 5.99. The van der Waals surface area contributed by atoms with E-state index < -0.39 is 5.97 Å². The number of methoxy groups -OCH3 is 1. The van der Waals surface area contributed by atoms with Crippen molar-refractivity contribution in [1.82, 2.24) is 5.43 Å². The van der Waals surface area contributed by atoms with Gasteiger partial charge in [-0.2, -0.15) is 5.10 Å². The Kier molecular flexibility index (Phi) is 7.06. The molecule has 0 heterocycles. The predicted molar refractivity (Wildman–Crippen MR) is 116 cm³/mol. The third kappa shape index (κ3) is 5.37. The van der Waals surface area contributed by atoms with Crippen molar-refractivity contribution in [3.63, 3.8) is 0 Å². The molecule has 1 amide bonds. The van der Waals surface area contributed by atoms with Crippen LogP contribution in [0, 0.1) is 0 Å². The van der Waals surface area contributed by atoms with Gasteiger partial charge in [0.2, 0.25) is 0 Å². The summed E-state index contributed by atoms with van der Waals surface area (Å²) in [6.45, 7) is 0. The van der Waals surface area contributed by atoms with Crippen LogP contribution in [0.4, 0.5) is 0 Å². The van der Waals surface area contributed by atoms with Gasteiger partial charge in [-0.3, -0.25) is 4.79 Å². The first-order chi connectivity index (χ1) is 14.5. The molecular weight excluding hydrogens is 427 g/mol. The summed E-state index contributed by atoms with van der Waals surface area (Å²) in [5.41, 5.74) is 3.75. The van der Waals surface area contributed by atoms with E-state index in [9.17, 15) is 9.59 Å². The quantitative estimate of drug-likeness (QED) is 0.252. The van der Waals surface area contributed by atoms with Crippen LogP contribution in [0.3, 0.4) is 0 Å². The van der Waals surface area contributed by atoms with Crippen molar-refractivity contribution in [3.8, 4) is 11.5 Å². The van der Waals surface area contributed by atoms with Crippen LogP contribution in [0.2, 0.25) is 10.0 Å². The van der Waals surface area contributed by atoms with Crippen molar-refractivity contribution in [2.24, 2.45) is 5.10 Å². The number of amides is 1. The Bertz CT molecular complexity index is 1100. The van der Waals surface area contributed by atoms with Gasteiger partial charge in [0.1, 0.15) is 0 Å². The van der Waals surface area contributed by atoms with E-state index in [1.165, 1.54) is 25.5 Å². The largest absolute Gasteiger partial charge is 0.493 e.